The third kappa shape index (κ3) is 4.03. The Hall–Kier alpha value is -3.70. The monoisotopic (exact) mass is 349 g/mol. The highest BCUT2D eigenvalue weighted by Crippen LogP contribution is 2.17. The largest absolute Gasteiger partial charge is 0.373 e. The van der Waals surface area contributed by atoms with E-state index in [1.807, 2.05) is 30.3 Å². The Kier molecular flexibility index (Phi) is 4.92. The second-order valence-corrected chi connectivity index (χ2v) is 5.70. The zero-order valence-corrected chi connectivity index (χ0v) is 13.6. The normalized spacial score (nSPS) is 16.5. The summed E-state index contributed by atoms with van der Waals surface area (Å²) in [6, 6.07) is 14.5. The Morgan fingerprint density at radius 1 is 1.12 bits per heavy atom. The summed E-state index contributed by atoms with van der Waals surface area (Å²) in [4.78, 5) is 34.2. The Morgan fingerprint density at radius 2 is 1.81 bits per heavy atom. The van der Waals surface area contributed by atoms with Gasteiger partial charge >= 0.3 is 0 Å². The number of anilines is 1. The van der Waals surface area contributed by atoms with Gasteiger partial charge in [-0.15, -0.1) is 5.73 Å². The maximum Gasteiger partial charge on any atom is 0.269 e. The van der Waals surface area contributed by atoms with Crippen molar-refractivity contribution in [2.45, 2.75) is 12.5 Å². The summed E-state index contributed by atoms with van der Waals surface area (Å²) in [6.07, 6.45) is 1.76. The van der Waals surface area contributed by atoms with Crippen LogP contribution >= 0.6 is 0 Å². The minimum absolute atomic E-state index is 0.0112. The third-order valence-corrected chi connectivity index (χ3v) is 3.87. The molecule has 2 N–H and O–H groups in total. The second-order valence-electron chi connectivity index (χ2n) is 5.70. The molecule has 0 saturated carbocycles. The first-order valence-corrected chi connectivity index (χ1v) is 7.90. The number of para-hydroxylation sites is 1. The van der Waals surface area contributed by atoms with Crippen LogP contribution in [0, 0.1) is 10.1 Å². The number of piperidine rings is 1. The van der Waals surface area contributed by atoms with Gasteiger partial charge in [-0.2, -0.15) is 0 Å². The molecule has 1 atom stereocenters. The van der Waals surface area contributed by atoms with Gasteiger partial charge in [0.05, 0.1) is 10.5 Å². The van der Waals surface area contributed by atoms with Crippen LogP contribution in [0.1, 0.15) is 12.0 Å². The molecule has 1 saturated heterocycles. The van der Waals surface area contributed by atoms with E-state index >= 15 is 0 Å². The number of carbonyl (C=O) groups is 2. The quantitative estimate of drug-likeness (QED) is 0.290. The van der Waals surface area contributed by atoms with E-state index in [0.717, 1.165) is 5.69 Å². The van der Waals surface area contributed by atoms with Gasteiger partial charge in [0.25, 0.3) is 11.6 Å². The molecular weight excluding hydrogens is 334 g/mol. The summed E-state index contributed by atoms with van der Waals surface area (Å²) < 4.78 is 0. The van der Waals surface area contributed by atoms with Gasteiger partial charge in [0.2, 0.25) is 5.91 Å². The number of carbonyl (C=O) groups excluding carboxylic acids is 2. The molecule has 7 nitrogen and oxygen atoms in total. The molecule has 3 rings (SSSR count). The standard InChI is InChI=1S/C19H15N3O4/c23-18-14(9-6-13-7-10-16(11-8-13)22(25)26)12-17(19(24)21-18)20-15-4-2-1-3-5-15/h1-8,10-11,17,20H,12H2,(H,21,23,24). The van der Waals surface area contributed by atoms with Gasteiger partial charge in [-0.1, -0.05) is 18.2 Å². The average Bonchev–Trinajstić information content (AvgIpc) is 2.64. The Labute approximate surface area is 149 Å². The van der Waals surface area contributed by atoms with E-state index in [1.54, 1.807) is 18.2 Å². The van der Waals surface area contributed by atoms with Crippen molar-refractivity contribution in [2.24, 2.45) is 0 Å². The van der Waals surface area contributed by atoms with Crippen molar-refractivity contribution in [3.8, 4) is 0 Å². The summed E-state index contributed by atoms with van der Waals surface area (Å²) in [5.74, 6) is -0.876. The molecule has 1 aliphatic heterocycles. The number of amides is 2. The summed E-state index contributed by atoms with van der Waals surface area (Å²) in [5.41, 5.74) is 4.65. The maximum absolute atomic E-state index is 12.0. The predicted molar refractivity (Wildman–Crippen MR) is 96.2 cm³/mol. The van der Waals surface area contributed by atoms with Crippen LogP contribution in [0.4, 0.5) is 11.4 Å². The summed E-state index contributed by atoms with van der Waals surface area (Å²) in [6.45, 7) is 0. The molecule has 0 spiro atoms. The van der Waals surface area contributed by atoms with Crippen LogP contribution in [-0.4, -0.2) is 22.8 Å². The van der Waals surface area contributed by atoms with Crippen molar-refractivity contribution in [2.75, 3.05) is 5.32 Å². The van der Waals surface area contributed by atoms with Gasteiger partial charge in [-0.25, -0.2) is 0 Å². The van der Waals surface area contributed by atoms with E-state index < -0.39 is 16.9 Å². The average molecular weight is 349 g/mol. The first kappa shape index (κ1) is 17.1. The molecule has 0 aliphatic carbocycles. The summed E-state index contributed by atoms with van der Waals surface area (Å²) in [5, 5.41) is 16.1. The maximum atomic E-state index is 12.0. The van der Waals surface area contributed by atoms with Crippen LogP contribution < -0.4 is 10.6 Å². The second kappa shape index (κ2) is 7.46. The first-order chi connectivity index (χ1) is 12.5. The highest BCUT2D eigenvalue weighted by atomic mass is 16.6. The lowest BCUT2D eigenvalue weighted by atomic mass is 10.00. The van der Waals surface area contributed by atoms with Crippen molar-refractivity contribution in [1.29, 1.82) is 0 Å². The smallest absolute Gasteiger partial charge is 0.269 e. The Bertz CT molecular complexity index is 914. The number of nitrogens with one attached hydrogen (secondary N) is 2. The van der Waals surface area contributed by atoms with E-state index in [4.69, 9.17) is 0 Å². The number of rotatable bonds is 4. The molecule has 26 heavy (non-hydrogen) atoms. The number of hydrogen-bond donors (Lipinski definition) is 2. The molecule has 1 unspecified atom stereocenters. The number of nitro benzene ring substituents is 1. The van der Waals surface area contributed by atoms with E-state index in [0.29, 0.717) is 11.1 Å². The number of hydrogen-bond acceptors (Lipinski definition) is 5. The molecule has 0 aromatic heterocycles. The highest BCUT2D eigenvalue weighted by Gasteiger charge is 2.30. The molecule has 7 heteroatoms. The lowest BCUT2D eigenvalue weighted by Crippen LogP contribution is -2.48. The summed E-state index contributed by atoms with van der Waals surface area (Å²) >= 11 is 0. The van der Waals surface area contributed by atoms with Gasteiger partial charge in [0.1, 0.15) is 6.04 Å². The molecule has 0 radical (unpaired) electrons. The van der Waals surface area contributed by atoms with Crippen LogP contribution in [0.2, 0.25) is 0 Å². The van der Waals surface area contributed by atoms with E-state index in [-0.39, 0.29) is 18.0 Å². The van der Waals surface area contributed by atoms with Crippen molar-refractivity contribution in [3.63, 3.8) is 0 Å². The molecule has 130 valence electrons. The number of non-ortho nitro benzene ring substituents is 1. The minimum atomic E-state index is -0.581. The summed E-state index contributed by atoms with van der Waals surface area (Å²) in [7, 11) is 0. The third-order valence-electron chi connectivity index (χ3n) is 3.87. The number of nitrogens with zero attached hydrogens (tertiary/aromatic N) is 1. The minimum Gasteiger partial charge on any atom is -0.373 e. The zero-order valence-electron chi connectivity index (χ0n) is 13.6. The lowest BCUT2D eigenvalue weighted by molar-refractivity contribution is -0.384. The lowest BCUT2D eigenvalue weighted by Gasteiger charge is -2.23. The van der Waals surface area contributed by atoms with Gasteiger partial charge in [-0.3, -0.25) is 25.0 Å². The van der Waals surface area contributed by atoms with Gasteiger partial charge in [0, 0.05) is 24.2 Å². The molecule has 0 bridgehead atoms. The highest BCUT2D eigenvalue weighted by molar-refractivity contribution is 6.10. The SMILES string of the molecule is O=C1NC(=O)C(Nc2ccccc2)CC1=C=Cc1ccc([N+](=O)[O-])cc1. The van der Waals surface area contributed by atoms with Crippen molar-refractivity contribution in [3.05, 3.63) is 81.6 Å². The number of imide groups is 1. The van der Waals surface area contributed by atoms with Crippen molar-refractivity contribution < 1.29 is 14.5 Å². The molecule has 2 aromatic carbocycles. The molecular formula is C19H15N3O4. The fourth-order valence-corrected chi connectivity index (χ4v) is 2.50. The van der Waals surface area contributed by atoms with Crippen LogP contribution in [0.5, 0.6) is 0 Å². The molecule has 2 aromatic rings. The van der Waals surface area contributed by atoms with E-state index in [2.05, 4.69) is 16.4 Å². The predicted octanol–water partition coefficient (Wildman–Crippen LogP) is 2.66. The Morgan fingerprint density at radius 3 is 2.46 bits per heavy atom. The van der Waals surface area contributed by atoms with Crippen molar-refractivity contribution >= 4 is 29.3 Å². The van der Waals surface area contributed by atoms with Crippen molar-refractivity contribution in [1.82, 2.24) is 5.32 Å². The molecule has 1 fully saturated rings. The number of nitro groups is 1. The Balaban J connectivity index is 1.79. The molecule has 1 aliphatic rings. The van der Waals surface area contributed by atoms with Crippen LogP contribution in [0.25, 0.3) is 6.08 Å². The topological polar surface area (TPSA) is 101 Å². The van der Waals surface area contributed by atoms with Crippen LogP contribution in [0.3, 0.4) is 0 Å². The van der Waals surface area contributed by atoms with Gasteiger partial charge < -0.3 is 5.32 Å². The number of benzene rings is 2. The molecule has 2 amide bonds. The van der Waals surface area contributed by atoms with Crippen LogP contribution in [0.15, 0.2) is 65.9 Å². The first-order valence-electron chi connectivity index (χ1n) is 7.90. The fourth-order valence-electron chi connectivity index (χ4n) is 2.50. The van der Waals surface area contributed by atoms with Crippen LogP contribution in [-0.2, 0) is 9.59 Å². The van der Waals surface area contributed by atoms with Gasteiger partial charge in [0.15, 0.2) is 0 Å². The van der Waals surface area contributed by atoms with E-state index in [9.17, 15) is 19.7 Å². The molecule has 1 heterocycles. The fraction of sp³-hybridized carbons (Fsp3) is 0.105. The zero-order chi connectivity index (χ0) is 18.5. The van der Waals surface area contributed by atoms with Gasteiger partial charge in [-0.05, 0) is 35.9 Å². The van der Waals surface area contributed by atoms with E-state index in [1.165, 1.54) is 12.1 Å².